The van der Waals surface area contributed by atoms with Gasteiger partial charge in [-0.1, -0.05) is 0 Å². The molecule has 0 atom stereocenters. The van der Waals surface area contributed by atoms with Crippen molar-refractivity contribution >= 4 is 6.21 Å². The summed E-state index contributed by atoms with van der Waals surface area (Å²) in [5.41, 5.74) is 0.633. The van der Waals surface area contributed by atoms with E-state index < -0.39 is 6.04 Å². The fourth-order valence-corrected chi connectivity index (χ4v) is 1.33. The van der Waals surface area contributed by atoms with Crippen LogP contribution in [0, 0.1) is 0 Å². The molecule has 6 heteroatoms. The zero-order valence-corrected chi connectivity index (χ0v) is 10.3. The second-order valence-electron chi connectivity index (χ2n) is 3.57. The van der Waals surface area contributed by atoms with Gasteiger partial charge >= 0.3 is 0 Å². The first-order chi connectivity index (χ1) is 8.65. The van der Waals surface area contributed by atoms with Gasteiger partial charge in [-0.2, -0.15) is 0 Å². The molecule has 1 rings (SSSR count). The fourth-order valence-electron chi connectivity index (χ4n) is 1.33. The molecular formula is C12H17NO5. The van der Waals surface area contributed by atoms with Crippen LogP contribution in [0.2, 0.25) is 0 Å². The number of aromatic hydroxyl groups is 1. The molecule has 0 aliphatic heterocycles. The summed E-state index contributed by atoms with van der Waals surface area (Å²) in [6.45, 7) is -0.474. The van der Waals surface area contributed by atoms with E-state index in [2.05, 4.69) is 4.99 Å². The number of phenolic OH excluding ortho intramolecular Hbond substituents is 1. The quantitative estimate of drug-likeness (QED) is 0.631. The summed E-state index contributed by atoms with van der Waals surface area (Å²) in [7, 11) is 2.86. The smallest absolute Gasteiger partial charge is 0.200 e. The third-order valence-corrected chi connectivity index (χ3v) is 2.36. The largest absolute Gasteiger partial charge is 0.502 e. The van der Waals surface area contributed by atoms with Crippen LogP contribution in [0.5, 0.6) is 17.2 Å². The molecule has 0 amide bonds. The van der Waals surface area contributed by atoms with Crippen LogP contribution in [-0.2, 0) is 0 Å². The summed E-state index contributed by atoms with van der Waals surface area (Å²) in [5, 5.41) is 27.5. The van der Waals surface area contributed by atoms with Crippen LogP contribution in [0.25, 0.3) is 0 Å². The molecule has 0 spiro atoms. The molecule has 18 heavy (non-hydrogen) atoms. The van der Waals surface area contributed by atoms with Crippen molar-refractivity contribution in [1.29, 1.82) is 0 Å². The Bertz CT molecular complexity index is 390. The third kappa shape index (κ3) is 3.35. The number of phenols is 1. The summed E-state index contributed by atoms with van der Waals surface area (Å²) in [6.07, 6.45) is 1.47. The lowest BCUT2D eigenvalue weighted by Crippen LogP contribution is -2.15. The molecule has 0 saturated heterocycles. The van der Waals surface area contributed by atoms with E-state index in [0.29, 0.717) is 5.56 Å². The number of hydrogen-bond acceptors (Lipinski definition) is 6. The monoisotopic (exact) mass is 255 g/mol. The Hall–Kier alpha value is -1.79. The summed E-state index contributed by atoms with van der Waals surface area (Å²) < 4.78 is 9.99. The van der Waals surface area contributed by atoms with Crippen LogP contribution in [0.4, 0.5) is 0 Å². The Morgan fingerprint density at radius 2 is 1.67 bits per heavy atom. The summed E-state index contributed by atoms with van der Waals surface area (Å²) >= 11 is 0. The highest BCUT2D eigenvalue weighted by Gasteiger charge is 2.10. The van der Waals surface area contributed by atoms with Gasteiger partial charge in [0.05, 0.1) is 33.5 Å². The third-order valence-electron chi connectivity index (χ3n) is 2.36. The van der Waals surface area contributed by atoms with Gasteiger partial charge in [0.1, 0.15) is 0 Å². The summed E-state index contributed by atoms with van der Waals surface area (Å²) in [5.74, 6) is 0.443. The highest BCUT2D eigenvalue weighted by atomic mass is 16.5. The molecule has 0 saturated carbocycles. The maximum absolute atomic E-state index is 9.71. The number of aliphatic hydroxyl groups is 2. The van der Waals surface area contributed by atoms with Crippen LogP contribution in [0.3, 0.4) is 0 Å². The number of benzene rings is 1. The first kappa shape index (κ1) is 14.3. The first-order valence-electron chi connectivity index (χ1n) is 5.36. The Morgan fingerprint density at radius 3 is 2.06 bits per heavy atom. The SMILES string of the molecule is COc1cc(C=NC(CO)CO)cc(OC)c1O. The van der Waals surface area contributed by atoms with E-state index in [0.717, 1.165) is 0 Å². The molecule has 0 aromatic heterocycles. The molecule has 0 aliphatic rings. The van der Waals surface area contributed by atoms with Gasteiger partial charge in [-0.25, -0.2) is 0 Å². The topological polar surface area (TPSA) is 91.5 Å². The Balaban J connectivity index is 3.02. The number of hydrogen-bond donors (Lipinski definition) is 3. The molecule has 0 fully saturated rings. The lowest BCUT2D eigenvalue weighted by molar-refractivity contribution is 0.195. The fraction of sp³-hybridized carbons (Fsp3) is 0.417. The first-order valence-corrected chi connectivity index (χ1v) is 5.36. The van der Waals surface area contributed by atoms with Crippen LogP contribution in [0.1, 0.15) is 5.56 Å². The number of ether oxygens (including phenoxy) is 2. The van der Waals surface area contributed by atoms with Gasteiger partial charge in [-0.15, -0.1) is 0 Å². The van der Waals surface area contributed by atoms with E-state index in [-0.39, 0.29) is 30.5 Å². The van der Waals surface area contributed by atoms with Gasteiger partial charge in [0.25, 0.3) is 0 Å². The number of rotatable bonds is 6. The van der Waals surface area contributed by atoms with Crippen LogP contribution in [0.15, 0.2) is 17.1 Å². The standard InChI is InChI=1S/C12H17NO5/c1-17-10-3-8(4-11(18-2)12(10)16)5-13-9(6-14)7-15/h3-5,9,14-16H,6-7H2,1-2H3. The highest BCUT2D eigenvalue weighted by molar-refractivity contribution is 5.82. The minimum Gasteiger partial charge on any atom is -0.502 e. The van der Waals surface area contributed by atoms with Gasteiger partial charge in [0.15, 0.2) is 11.5 Å². The van der Waals surface area contributed by atoms with Crippen LogP contribution >= 0.6 is 0 Å². The second kappa shape index (κ2) is 6.83. The van der Waals surface area contributed by atoms with Crippen molar-refractivity contribution in [3.8, 4) is 17.2 Å². The predicted octanol–water partition coefficient (Wildman–Crippen LogP) is 0.181. The summed E-state index contributed by atoms with van der Waals surface area (Å²) in [6, 6.07) is 2.59. The lowest BCUT2D eigenvalue weighted by Gasteiger charge is -2.09. The minimum atomic E-state index is -0.559. The van der Waals surface area contributed by atoms with E-state index in [1.165, 1.54) is 20.4 Å². The molecule has 0 heterocycles. The number of aliphatic imine (C=N–C) groups is 1. The molecule has 100 valence electrons. The van der Waals surface area contributed by atoms with Crippen molar-refractivity contribution in [1.82, 2.24) is 0 Å². The molecule has 0 unspecified atom stereocenters. The van der Waals surface area contributed by atoms with Crippen molar-refractivity contribution < 1.29 is 24.8 Å². The average Bonchev–Trinajstić information content (AvgIpc) is 2.41. The van der Waals surface area contributed by atoms with Crippen molar-refractivity contribution in [3.63, 3.8) is 0 Å². The lowest BCUT2D eigenvalue weighted by atomic mass is 10.2. The Morgan fingerprint density at radius 1 is 1.17 bits per heavy atom. The highest BCUT2D eigenvalue weighted by Crippen LogP contribution is 2.36. The van der Waals surface area contributed by atoms with Crippen molar-refractivity contribution in [2.45, 2.75) is 6.04 Å². The maximum atomic E-state index is 9.71. The van der Waals surface area contributed by atoms with Gasteiger partial charge < -0.3 is 24.8 Å². The van der Waals surface area contributed by atoms with E-state index in [4.69, 9.17) is 19.7 Å². The Labute approximate surface area is 105 Å². The molecule has 1 aromatic carbocycles. The number of aliphatic hydroxyl groups excluding tert-OH is 2. The van der Waals surface area contributed by atoms with Gasteiger partial charge in [-0.05, 0) is 17.7 Å². The molecule has 3 N–H and O–H groups in total. The normalized spacial score (nSPS) is 11.2. The Kier molecular flexibility index (Phi) is 5.41. The number of nitrogens with zero attached hydrogens (tertiary/aromatic N) is 1. The van der Waals surface area contributed by atoms with Gasteiger partial charge in [0.2, 0.25) is 5.75 Å². The van der Waals surface area contributed by atoms with Gasteiger partial charge in [-0.3, -0.25) is 4.99 Å². The van der Waals surface area contributed by atoms with Crippen molar-refractivity contribution in [3.05, 3.63) is 17.7 Å². The zero-order valence-electron chi connectivity index (χ0n) is 10.3. The molecule has 1 aromatic rings. The van der Waals surface area contributed by atoms with E-state index in [9.17, 15) is 5.11 Å². The van der Waals surface area contributed by atoms with E-state index in [1.807, 2.05) is 0 Å². The minimum absolute atomic E-state index is 0.0852. The maximum Gasteiger partial charge on any atom is 0.200 e. The van der Waals surface area contributed by atoms with E-state index >= 15 is 0 Å². The zero-order chi connectivity index (χ0) is 13.5. The summed E-state index contributed by atoms with van der Waals surface area (Å²) in [4.78, 5) is 3.99. The second-order valence-corrected chi connectivity index (χ2v) is 3.57. The molecular weight excluding hydrogens is 238 g/mol. The molecule has 0 aliphatic carbocycles. The molecule has 0 bridgehead atoms. The molecule has 0 radical (unpaired) electrons. The van der Waals surface area contributed by atoms with Crippen LogP contribution < -0.4 is 9.47 Å². The number of methoxy groups -OCH3 is 2. The van der Waals surface area contributed by atoms with Crippen LogP contribution in [-0.4, -0.2) is 55.0 Å². The average molecular weight is 255 g/mol. The predicted molar refractivity (Wildman–Crippen MR) is 66.8 cm³/mol. The molecule has 6 nitrogen and oxygen atoms in total. The van der Waals surface area contributed by atoms with Crippen molar-refractivity contribution in [2.75, 3.05) is 27.4 Å². The van der Waals surface area contributed by atoms with Crippen molar-refractivity contribution in [2.24, 2.45) is 4.99 Å². The van der Waals surface area contributed by atoms with E-state index in [1.54, 1.807) is 12.1 Å². The van der Waals surface area contributed by atoms with Gasteiger partial charge in [0, 0.05) is 6.21 Å².